The summed E-state index contributed by atoms with van der Waals surface area (Å²) in [6, 6.07) is 43.3. The molecule has 4 aromatic carbocycles. The molecule has 3 heterocycles. The number of para-hydroxylation sites is 1. The largest absolute Gasteiger partial charge is 0.501 e. The number of rotatable bonds is 3. The number of aromatic nitrogens is 2. The molecule has 40 heavy (non-hydrogen) atoms. The topological polar surface area (TPSA) is 38.9 Å². The van der Waals surface area contributed by atoms with Crippen molar-refractivity contribution in [2.45, 2.75) is 13.8 Å². The predicted octanol–water partition coefficient (Wildman–Crippen LogP) is 9.28. The quantitative estimate of drug-likeness (QED) is 0.173. The van der Waals surface area contributed by atoms with Crippen LogP contribution in [0.4, 0.5) is 0 Å². The average molecular weight is 695 g/mol. The first-order valence-corrected chi connectivity index (χ1v) is 12.9. The number of aryl methyl sites for hydroxylation is 2. The van der Waals surface area contributed by atoms with Crippen molar-refractivity contribution in [3.05, 3.63) is 145 Å². The van der Waals surface area contributed by atoms with Crippen LogP contribution in [0.25, 0.3) is 55.6 Å². The van der Waals surface area contributed by atoms with Gasteiger partial charge < -0.3 is 14.4 Å². The summed E-state index contributed by atoms with van der Waals surface area (Å²) in [4.78, 5) is 8.82. The summed E-state index contributed by atoms with van der Waals surface area (Å²) in [6.07, 6.45) is 3.66. The van der Waals surface area contributed by atoms with Crippen molar-refractivity contribution < 1.29 is 24.5 Å². The maximum Gasteiger partial charge on any atom is 0.120 e. The number of benzene rings is 4. The van der Waals surface area contributed by atoms with Gasteiger partial charge >= 0.3 is 0 Å². The van der Waals surface area contributed by atoms with Crippen LogP contribution in [0.1, 0.15) is 11.1 Å². The first-order chi connectivity index (χ1) is 19.2. The molecule has 0 unspecified atom stereocenters. The molecule has 0 aliphatic rings. The van der Waals surface area contributed by atoms with Crippen LogP contribution in [0.3, 0.4) is 0 Å². The van der Waals surface area contributed by atoms with Gasteiger partial charge in [-0.1, -0.05) is 93.9 Å². The molecule has 0 saturated heterocycles. The SMILES string of the molecule is Cc1ccnc(-c2[c-]cc(-c3ccccc3)cc2)c1.Cc1ccnc(-c2[c-]ccc3c2oc2ccccc23)c1.[Ir]. The van der Waals surface area contributed by atoms with Crippen LogP contribution in [0.2, 0.25) is 0 Å². The van der Waals surface area contributed by atoms with Gasteiger partial charge in [0.25, 0.3) is 0 Å². The number of pyridine rings is 2. The Hall–Kier alpha value is -4.37. The van der Waals surface area contributed by atoms with Crippen LogP contribution in [0, 0.1) is 26.0 Å². The summed E-state index contributed by atoms with van der Waals surface area (Å²) in [7, 11) is 0. The Balaban J connectivity index is 0.000000158. The van der Waals surface area contributed by atoms with Crippen molar-refractivity contribution in [2.24, 2.45) is 0 Å². The average Bonchev–Trinajstić information content (AvgIpc) is 3.37. The molecule has 197 valence electrons. The Bertz CT molecular complexity index is 1880. The third-order valence-electron chi connectivity index (χ3n) is 6.62. The van der Waals surface area contributed by atoms with Crippen molar-refractivity contribution in [3.8, 4) is 33.6 Å². The Morgan fingerprint density at radius 2 is 1.32 bits per heavy atom. The number of furan rings is 1. The molecule has 0 atom stereocenters. The monoisotopic (exact) mass is 695 g/mol. The van der Waals surface area contributed by atoms with Crippen LogP contribution in [0.15, 0.2) is 126 Å². The standard InChI is InChI=1S/C18H12NO.C18H14N.Ir/c1-12-9-10-19-16(11-12)15-7-4-6-14-13-5-2-3-8-17(13)20-18(14)15;1-14-11-12-19-18(13-14)17-9-7-16(8-10-17)15-5-3-2-4-6-15;/h2-6,8-11H,1H3;2-9,11-13H,1H3;/q2*-1;. The molecule has 0 saturated carbocycles. The van der Waals surface area contributed by atoms with Crippen LogP contribution in [0.5, 0.6) is 0 Å². The van der Waals surface area contributed by atoms with Crippen molar-refractivity contribution in [1.29, 1.82) is 0 Å². The first kappa shape index (κ1) is 27.2. The zero-order chi connectivity index (χ0) is 26.6. The van der Waals surface area contributed by atoms with Gasteiger partial charge in [0.05, 0.1) is 5.58 Å². The molecule has 1 radical (unpaired) electrons. The van der Waals surface area contributed by atoms with Crippen molar-refractivity contribution in [2.75, 3.05) is 0 Å². The van der Waals surface area contributed by atoms with Gasteiger partial charge in [-0.2, -0.15) is 0 Å². The molecule has 4 heteroatoms. The summed E-state index contributed by atoms with van der Waals surface area (Å²) in [5.74, 6) is 0. The summed E-state index contributed by atoms with van der Waals surface area (Å²) < 4.78 is 6.01. The van der Waals surface area contributed by atoms with Gasteiger partial charge in [-0.25, -0.2) is 0 Å². The molecular formula is C36H26IrN2O-2. The van der Waals surface area contributed by atoms with E-state index in [1.807, 2.05) is 79.1 Å². The molecule has 0 N–H and O–H groups in total. The number of fused-ring (bicyclic) bond motifs is 3. The second kappa shape index (κ2) is 12.2. The molecule has 3 nitrogen and oxygen atoms in total. The van der Waals surface area contributed by atoms with E-state index in [1.165, 1.54) is 22.3 Å². The van der Waals surface area contributed by atoms with Crippen LogP contribution in [-0.4, -0.2) is 9.97 Å². The van der Waals surface area contributed by atoms with Crippen LogP contribution in [-0.2, 0) is 20.1 Å². The predicted molar refractivity (Wildman–Crippen MR) is 159 cm³/mol. The van der Waals surface area contributed by atoms with Crippen molar-refractivity contribution in [1.82, 2.24) is 9.97 Å². The summed E-state index contributed by atoms with van der Waals surface area (Å²) >= 11 is 0. The van der Waals surface area contributed by atoms with Gasteiger partial charge in [-0.15, -0.1) is 48.0 Å². The van der Waals surface area contributed by atoms with E-state index in [1.54, 1.807) is 0 Å². The second-order valence-electron chi connectivity index (χ2n) is 9.49. The van der Waals surface area contributed by atoms with Gasteiger partial charge in [-0.3, -0.25) is 0 Å². The molecule has 0 fully saturated rings. The fourth-order valence-electron chi connectivity index (χ4n) is 4.63. The molecule has 0 aliphatic heterocycles. The normalized spacial score (nSPS) is 10.6. The zero-order valence-electron chi connectivity index (χ0n) is 22.2. The maximum atomic E-state index is 6.01. The van der Waals surface area contributed by atoms with Gasteiger partial charge in [0.1, 0.15) is 5.58 Å². The van der Waals surface area contributed by atoms with E-state index >= 15 is 0 Å². The molecule has 0 bridgehead atoms. The fourth-order valence-corrected chi connectivity index (χ4v) is 4.63. The minimum absolute atomic E-state index is 0. The number of nitrogens with zero attached hydrogens (tertiary/aromatic N) is 2. The van der Waals surface area contributed by atoms with Gasteiger partial charge in [0.2, 0.25) is 0 Å². The minimum Gasteiger partial charge on any atom is -0.501 e. The van der Waals surface area contributed by atoms with E-state index in [2.05, 4.69) is 78.4 Å². The van der Waals surface area contributed by atoms with E-state index in [0.29, 0.717) is 0 Å². The minimum atomic E-state index is 0. The molecule has 0 spiro atoms. The summed E-state index contributed by atoms with van der Waals surface area (Å²) in [5.41, 5.74) is 10.4. The van der Waals surface area contributed by atoms with Crippen LogP contribution >= 0.6 is 0 Å². The van der Waals surface area contributed by atoms with Crippen molar-refractivity contribution in [3.63, 3.8) is 0 Å². The first-order valence-electron chi connectivity index (χ1n) is 12.9. The van der Waals surface area contributed by atoms with Gasteiger partial charge in [0.15, 0.2) is 0 Å². The Morgan fingerprint density at radius 1 is 0.625 bits per heavy atom. The van der Waals surface area contributed by atoms with E-state index in [-0.39, 0.29) is 20.1 Å². The third-order valence-corrected chi connectivity index (χ3v) is 6.62. The van der Waals surface area contributed by atoms with Crippen molar-refractivity contribution >= 4 is 21.9 Å². The molecular weight excluding hydrogens is 669 g/mol. The molecule has 7 aromatic rings. The smallest absolute Gasteiger partial charge is 0.120 e. The molecule has 3 aromatic heterocycles. The zero-order valence-corrected chi connectivity index (χ0v) is 24.6. The summed E-state index contributed by atoms with van der Waals surface area (Å²) in [5, 5.41) is 2.24. The van der Waals surface area contributed by atoms with Gasteiger partial charge in [0, 0.05) is 37.9 Å². The third kappa shape index (κ3) is 5.79. The Kier molecular flexibility index (Phi) is 8.31. The van der Waals surface area contributed by atoms with E-state index in [9.17, 15) is 0 Å². The Morgan fingerprint density at radius 3 is 2.05 bits per heavy atom. The van der Waals surface area contributed by atoms with Gasteiger partial charge in [-0.05, 0) is 43.4 Å². The summed E-state index contributed by atoms with van der Waals surface area (Å²) in [6.45, 7) is 4.13. The van der Waals surface area contributed by atoms with E-state index in [4.69, 9.17) is 4.42 Å². The molecule has 0 amide bonds. The maximum absolute atomic E-state index is 6.01. The number of hydrogen-bond donors (Lipinski definition) is 0. The molecule has 0 aliphatic carbocycles. The van der Waals surface area contributed by atoms with Crippen LogP contribution < -0.4 is 0 Å². The van der Waals surface area contributed by atoms with E-state index < -0.39 is 0 Å². The molecule has 7 rings (SSSR count). The second-order valence-corrected chi connectivity index (χ2v) is 9.49. The fraction of sp³-hybridized carbons (Fsp3) is 0.0556. The van der Waals surface area contributed by atoms with E-state index in [0.717, 1.165) is 44.5 Å². The Labute approximate surface area is 247 Å². The number of hydrogen-bond acceptors (Lipinski definition) is 3.